The van der Waals surface area contributed by atoms with Crippen molar-refractivity contribution in [3.05, 3.63) is 72.7 Å². The summed E-state index contributed by atoms with van der Waals surface area (Å²) < 4.78 is 40.3. The van der Waals surface area contributed by atoms with Gasteiger partial charge in [0.25, 0.3) is 0 Å². The van der Waals surface area contributed by atoms with Crippen LogP contribution < -0.4 is 0 Å². The molecule has 0 aliphatic rings. The maximum absolute atomic E-state index is 12.8. The second-order valence-corrected chi connectivity index (χ2v) is 4.55. The van der Waals surface area contributed by atoms with Crippen molar-refractivity contribution in [2.45, 2.75) is 6.18 Å². The predicted molar refractivity (Wildman–Crippen MR) is 74.0 cm³/mol. The number of halogens is 3. The van der Waals surface area contributed by atoms with E-state index < -0.39 is 11.7 Å². The van der Waals surface area contributed by atoms with Crippen LogP contribution in [0.15, 0.2) is 67.1 Å². The van der Waals surface area contributed by atoms with Crippen molar-refractivity contribution in [3.63, 3.8) is 0 Å². The van der Waals surface area contributed by atoms with E-state index in [9.17, 15) is 13.2 Å². The van der Waals surface area contributed by atoms with Gasteiger partial charge in [0.1, 0.15) is 0 Å². The van der Waals surface area contributed by atoms with Crippen LogP contribution in [0.2, 0.25) is 0 Å². The Hall–Kier alpha value is -2.56. The first-order valence-electron chi connectivity index (χ1n) is 6.31. The van der Waals surface area contributed by atoms with Gasteiger partial charge >= 0.3 is 6.18 Å². The number of hydrogen-bond donors (Lipinski definition) is 0. The van der Waals surface area contributed by atoms with Gasteiger partial charge < -0.3 is 4.57 Å². The first-order chi connectivity index (χ1) is 10.1. The number of benzene rings is 1. The smallest absolute Gasteiger partial charge is 0.316 e. The molecular formula is C16H11F3N2. The lowest BCUT2D eigenvalue weighted by molar-refractivity contribution is -0.137. The highest BCUT2D eigenvalue weighted by molar-refractivity contribution is 5.64. The fourth-order valence-electron chi connectivity index (χ4n) is 2.20. The summed E-state index contributed by atoms with van der Waals surface area (Å²) in [6.45, 7) is 0. The zero-order valence-electron chi connectivity index (χ0n) is 10.9. The van der Waals surface area contributed by atoms with Crippen molar-refractivity contribution in [2.75, 3.05) is 0 Å². The number of hydrogen-bond acceptors (Lipinski definition) is 1. The summed E-state index contributed by atoms with van der Waals surface area (Å²) in [5.74, 6) is 0. The molecule has 0 aliphatic carbocycles. The minimum absolute atomic E-state index is 0.520. The van der Waals surface area contributed by atoms with Gasteiger partial charge in [0, 0.05) is 24.3 Å². The van der Waals surface area contributed by atoms with Crippen LogP contribution in [-0.2, 0) is 6.18 Å². The monoisotopic (exact) mass is 288 g/mol. The standard InChI is InChI=1S/C16H11F3N2/c17-16(18,19)13-4-1-3-12(11-13)15-5-2-10-21(15)14-6-8-20-9-7-14/h1-11H. The van der Waals surface area contributed by atoms with Crippen molar-refractivity contribution in [1.29, 1.82) is 0 Å². The van der Waals surface area contributed by atoms with Crippen LogP contribution >= 0.6 is 0 Å². The Morgan fingerprint density at radius 2 is 1.67 bits per heavy atom. The SMILES string of the molecule is FC(F)(F)c1cccc(-c2cccn2-c2ccncc2)c1. The summed E-state index contributed by atoms with van der Waals surface area (Å²) in [7, 11) is 0. The lowest BCUT2D eigenvalue weighted by Gasteiger charge is -2.12. The van der Waals surface area contributed by atoms with Crippen molar-refractivity contribution in [2.24, 2.45) is 0 Å². The second kappa shape index (κ2) is 5.09. The van der Waals surface area contributed by atoms with Crippen molar-refractivity contribution >= 4 is 0 Å². The lowest BCUT2D eigenvalue weighted by Crippen LogP contribution is -2.05. The molecule has 0 spiro atoms. The summed E-state index contributed by atoms with van der Waals surface area (Å²) >= 11 is 0. The molecule has 2 nitrogen and oxygen atoms in total. The quantitative estimate of drug-likeness (QED) is 0.676. The van der Waals surface area contributed by atoms with Gasteiger partial charge in [0.05, 0.1) is 11.3 Å². The van der Waals surface area contributed by atoms with E-state index in [-0.39, 0.29) is 0 Å². The van der Waals surface area contributed by atoms with Gasteiger partial charge in [0.15, 0.2) is 0 Å². The molecule has 21 heavy (non-hydrogen) atoms. The van der Waals surface area contributed by atoms with Crippen molar-refractivity contribution in [1.82, 2.24) is 9.55 Å². The third-order valence-corrected chi connectivity index (χ3v) is 3.18. The van der Waals surface area contributed by atoms with Gasteiger partial charge in [-0.05, 0) is 42.0 Å². The molecule has 0 bridgehead atoms. The summed E-state index contributed by atoms with van der Waals surface area (Å²) in [5.41, 5.74) is 1.42. The topological polar surface area (TPSA) is 17.8 Å². The molecule has 1 aromatic carbocycles. The van der Waals surface area contributed by atoms with E-state index in [1.54, 1.807) is 42.7 Å². The fourth-order valence-corrected chi connectivity index (χ4v) is 2.20. The highest BCUT2D eigenvalue weighted by atomic mass is 19.4. The molecule has 3 aromatic rings. The van der Waals surface area contributed by atoms with Crippen LogP contribution in [0.5, 0.6) is 0 Å². The summed E-state index contributed by atoms with van der Waals surface area (Å²) in [6, 6.07) is 12.5. The maximum atomic E-state index is 12.8. The molecule has 0 radical (unpaired) electrons. The average molecular weight is 288 g/mol. The molecule has 0 amide bonds. The third kappa shape index (κ3) is 2.67. The summed E-state index contributed by atoms with van der Waals surface area (Å²) in [4.78, 5) is 3.94. The van der Waals surface area contributed by atoms with E-state index >= 15 is 0 Å². The Kier molecular flexibility index (Phi) is 3.25. The maximum Gasteiger partial charge on any atom is 0.416 e. The largest absolute Gasteiger partial charge is 0.416 e. The number of rotatable bonds is 2. The molecule has 0 N–H and O–H groups in total. The molecule has 0 aliphatic heterocycles. The minimum Gasteiger partial charge on any atom is -0.316 e. The molecule has 2 heterocycles. The normalized spacial score (nSPS) is 11.6. The molecule has 106 valence electrons. The van der Waals surface area contributed by atoms with Gasteiger partial charge in [-0.3, -0.25) is 4.98 Å². The Morgan fingerprint density at radius 3 is 2.38 bits per heavy atom. The number of alkyl halides is 3. The Morgan fingerprint density at radius 1 is 0.905 bits per heavy atom. The zero-order chi connectivity index (χ0) is 14.9. The van der Waals surface area contributed by atoms with E-state index in [0.717, 1.165) is 17.8 Å². The highest BCUT2D eigenvalue weighted by Crippen LogP contribution is 2.32. The molecule has 0 fully saturated rings. The zero-order valence-corrected chi connectivity index (χ0v) is 10.9. The molecular weight excluding hydrogens is 277 g/mol. The Balaban J connectivity index is 2.09. The van der Waals surface area contributed by atoms with Crippen LogP contribution in [0, 0.1) is 0 Å². The molecule has 0 unspecified atom stereocenters. The van der Waals surface area contributed by atoms with Crippen LogP contribution in [0.25, 0.3) is 16.9 Å². The van der Waals surface area contributed by atoms with E-state index in [0.29, 0.717) is 11.3 Å². The van der Waals surface area contributed by atoms with Gasteiger partial charge in [-0.1, -0.05) is 12.1 Å². The van der Waals surface area contributed by atoms with Gasteiger partial charge in [-0.25, -0.2) is 0 Å². The van der Waals surface area contributed by atoms with E-state index in [4.69, 9.17) is 0 Å². The van der Waals surface area contributed by atoms with Crippen LogP contribution in [0.3, 0.4) is 0 Å². The van der Waals surface area contributed by atoms with E-state index in [2.05, 4.69) is 4.98 Å². The fraction of sp³-hybridized carbons (Fsp3) is 0.0625. The van der Waals surface area contributed by atoms with Crippen LogP contribution in [0.1, 0.15) is 5.56 Å². The Bertz CT molecular complexity index is 745. The highest BCUT2D eigenvalue weighted by Gasteiger charge is 2.30. The molecule has 0 saturated carbocycles. The molecule has 0 atom stereocenters. The predicted octanol–water partition coefficient (Wildman–Crippen LogP) is 4.56. The molecule has 0 saturated heterocycles. The number of pyridine rings is 1. The van der Waals surface area contributed by atoms with Crippen LogP contribution in [0.4, 0.5) is 13.2 Å². The van der Waals surface area contributed by atoms with E-state index in [1.165, 1.54) is 6.07 Å². The van der Waals surface area contributed by atoms with Gasteiger partial charge in [-0.2, -0.15) is 13.2 Å². The summed E-state index contributed by atoms with van der Waals surface area (Å²) in [5, 5.41) is 0. The Labute approximate surface area is 119 Å². The van der Waals surface area contributed by atoms with Crippen molar-refractivity contribution in [3.8, 4) is 16.9 Å². The van der Waals surface area contributed by atoms with Crippen LogP contribution in [-0.4, -0.2) is 9.55 Å². The summed E-state index contributed by atoms with van der Waals surface area (Å²) in [6.07, 6.45) is 0.755. The first kappa shape index (κ1) is 13.4. The van der Waals surface area contributed by atoms with Crippen molar-refractivity contribution < 1.29 is 13.2 Å². The lowest BCUT2D eigenvalue weighted by atomic mass is 10.1. The number of aromatic nitrogens is 2. The first-order valence-corrected chi connectivity index (χ1v) is 6.31. The third-order valence-electron chi connectivity index (χ3n) is 3.18. The number of nitrogens with zero attached hydrogens (tertiary/aromatic N) is 2. The molecule has 5 heteroatoms. The van der Waals surface area contributed by atoms with Gasteiger partial charge in [-0.15, -0.1) is 0 Å². The second-order valence-electron chi connectivity index (χ2n) is 4.55. The molecule has 2 aromatic heterocycles. The molecule has 3 rings (SSSR count). The minimum atomic E-state index is -4.34. The van der Waals surface area contributed by atoms with Gasteiger partial charge in [0.2, 0.25) is 0 Å². The average Bonchev–Trinajstić information content (AvgIpc) is 2.97. The van der Waals surface area contributed by atoms with E-state index in [1.807, 2.05) is 10.8 Å².